The molecule has 4 aromatic carbocycles. The molecule has 0 aliphatic rings. The first-order valence-corrected chi connectivity index (χ1v) is 11.2. The average Bonchev–Trinajstić information content (AvgIpc) is 2.83. The molecule has 0 saturated heterocycles. The summed E-state index contributed by atoms with van der Waals surface area (Å²) < 4.78 is 0. The zero-order valence-electron chi connectivity index (χ0n) is 19.2. The van der Waals surface area contributed by atoms with Gasteiger partial charge in [-0.15, -0.1) is 0 Å². The van der Waals surface area contributed by atoms with E-state index in [1.807, 2.05) is 0 Å². The van der Waals surface area contributed by atoms with E-state index in [-0.39, 0.29) is 57.1 Å². The van der Waals surface area contributed by atoms with Gasteiger partial charge in [-0.2, -0.15) is 0 Å². The smallest absolute Gasteiger partial charge is 0.157 e. The van der Waals surface area contributed by atoms with Crippen molar-refractivity contribution in [2.75, 3.05) is 0 Å². The minimum Gasteiger partial charge on any atom is -0.508 e. The maximum Gasteiger partial charge on any atom is 0.157 e. The highest BCUT2D eigenvalue weighted by molar-refractivity contribution is 5.78. The molecule has 8 N–H and O–H groups in total. The van der Waals surface area contributed by atoms with Crippen LogP contribution in [0.4, 0.5) is 0 Å². The lowest BCUT2D eigenvalue weighted by Crippen LogP contribution is -1.95. The van der Waals surface area contributed by atoms with Crippen molar-refractivity contribution in [2.45, 2.75) is 25.7 Å². The van der Waals surface area contributed by atoms with E-state index in [1.165, 1.54) is 36.4 Å². The van der Waals surface area contributed by atoms with Crippen LogP contribution in [0.25, 0.3) is 11.1 Å². The second-order valence-corrected chi connectivity index (χ2v) is 8.64. The first kappa shape index (κ1) is 24.4. The van der Waals surface area contributed by atoms with Crippen molar-refractivity contribution in [2.24, 2.45) is 0 Å². The highest BCUT2D eigenvalue weighted by Crippen LogP contribution is 2.42. The van der Waals surface area contributed by atoms with Gasteiger partial charge >= 0.3 is 0 Å². The van der Waals surface area contributed by atoms with Crippen LogP contribution in [-0.4, -0.2) is 40.9 Å². The molecule has 0 aliphatic heterocycles. The van der Waals surface area contributed by atoms with E-state index in [4.69, 9.17) is 0 Å². The molecule has 0 aromatic heterocycles. The van der Waals surface area contributed by atoms with Crippen molar-refractivity contribution in [3.8, 4) is 57.1 Å². The van der Waals surface area contributed by atoms with Crippen LogP contribution in [0.1, 0.15) is 22.3 Å². The number of benzene rings is 4. The molecule has 8 nitrogen and oxygen atoms in total. The number of hydrogen-bond acceptors (Lipinski definition) is 8. The Labute approximate surface area is 206 Å². The fraction of sp³-hybridized carbons (Fsp3) is 0.143. The third-order valence-electron chi connectivity index (χ3n) is 6.13. The van der Waals surface area contributed by atoms with E-state index in [0.29, 0.717) is 36.8 Å². The SMILES string of the molecule is Oc1ccc(CCc2cc(-c3cc(CCc4ccc(O)c(O)c4)c(O)cc3O)c(O)cc2O)cc1O. The molecule has 0 saturated carbocycles. The standard InChI is InChI=1S/C28H26O8/c29-21-7-3-15(9-27(21)35)1-5-17-11-19(25(33)13-23(17)31)20-12-18(24(32)14-26(20)34)6-2-16-4-8-22(30)28(36)10-16/h3-4,7-14,29-36H,1-2,5-6H2. The predicted molar refractivity (Wildman–Crippen MR) is 133 cm³/mol. The van der Waals surface area contributed by atoms with Gasteiger partial charge in [0.1, 0.15) is 23.0 Å². The Morgan fingerprint density at radius 3 is 1.08 bits per heavy atom. The molecule has 4 rings (SSSR count). The van der Waals surface area contributed by atoms with Gasteiger partial charge < -0.3 is 40.9 Å². The highest BCUT2D eigenvalue weighted by atomic mass is 16.3. The lowest BCUT2D eigenvalue weighted by molar-refractivity contribution is 0.403. The van der Waals surface area contributed by atoms with Crippen LogP contribution in [0.3, 0.4) is 0 Å². The van der Waals surface area contributed by atoms with Gasteiger partial charge in [0, 0.05) is 23.3 Å². The van der Waals surface area contributed by atoms with Crippen molar-refractivity contribution >= 4 is 0 Å². The van der Waals surface area contributed by atoms with Crippen molar-refractivity contribution in [1.29, 1.82) is 0 Å². The van der Waals surface area contributed by atoms with Crippen molar-refractivity contribution in [3.63, 3.8) is 0 Å². The Bertz CT molecular complexity index is 1320. The van der Waals surface area contributed by atoms with Gasteiger partial charge in [-0.3, -0.25) is 0 Å². The fourth-order valence-corrected chi connectivity index (χ4v) is 4.08. The van der Waals surface area contributed by atoms with Crippen molar-refractivity contribution < 1.29 is 40.9 Å². The summed E-state index contributed by atoms with van der Waals surface area (Å²) in [5.74, 6) is -1.72. The van der Waals surface area contributed by atoms with Crippen LogP contribution in [0.2, 0.25) is 0 Å². The summed E-state index contributed by atoms with van der Waals surface area (Å²) in [6.45, 7) is 0. The summed E-state index contributed by atoms with van der Waals surface area (Å²) >= 11 is 0. The molecule has 0 aliphatic carbocycles. The molecule has 4 aromatic rings. The van der Waals surface area contributed by atoms with Gasteiger partial charge in [-0.25, -0.2) is 0 Å². The Hall–Kier alpha value is -4.72. The van der Waals surface area contributed by atoms with E-state index in [2.05, 4.69) is 0 Å². The van der Waals surface area contributed by atoms with Gasteiger partial charge in [0.2, 0.25) is 0 Å². The topological polar surface area (TPSA) is 162 Å². The number of aromatic hydroxyl groups is 8. The second-order valence-electron chi connectivity index (χ2n) is 8.64. The number of hydrogen-bond donors (Lipinski definition) is 8. The predicted octanol–water partition coefficient (Wildman–Crippen LogP) is 4.57. The van der Waals surface area contributed by atoms with Crippen LogP contribution in [0.5, 0.6) is 46.0 Å². The normalized spacial score (nSPS) is 11.0. The van der Waals surface area contributed by atoms with E-state index < -0.39 is 0 Å². The highest BCUT2D eigenvalue weighted by Gasteiger charge is 2.17. The number of aryl methyl sites for hydroxylation is 4. The average molecular weight is 491 g/mol. The third kappa shape index (κ3) is 5.17. The van der Waals surface area contributed by atoms with Crippen LogP contribution < -0.4 is 0 Å². The Morgan fingerprint density at radius 1 is 0.333 bits per heavy atom. The molecule has 0 fully saturated rings. The summed E-state index contributed by atoms with van der Waals surface area (Å²) in [4.78, 5) is 0. The largest absolute Gasteiger partial charge is 0.508 e. The molecule has 0 bridgehead atoms. The first-order valence-electron chi connectivity index (χ1n) is 11.2. The molecule has 0 atom stereocenters. The molecular weight excluding hydrogens is 464 g/mol. The maximum absolute atomic E-state index is 10.5. The zero-order valence-corrected chi connectivity index (χ0v) is 19.2. The molecule has 0 unspecified atom stereocenters. The molecule has 0 amide bonds. The Kier molecular flexibility index (Phi) is 6.69. The van der Waals surface area contributed by atoms with Crippen LogP contribution in [-0.2, 0) is 25.7 Å². The quantitative estimate of drug-likeness (QED) is 0.175. The lowest BCUT2D eigenvalue weighted by Gasteiger charge is -2.14. The first-order chi connectivity index (χ1) is 17.1. The lowest BCUT2D eigenvalue weighted by atomic mass is 9.94. The van der Waals surface area contributed by atoms with E-state index in [0.717, 1.165) is 11.1 Å². The van der Waals surface area contributed by atoms with Crippen LogP contribution >= 0.6 is 0 Å². The van der Waals surface area contributed by atoms with Gasteiger partial charge in [-0.05, 0) is 84.3 Å². The fourth-order valence-electron chi connectivity index (χ4n) is 4.08. The number of phenolic OH excluding ortho intramolecular Hbond substituents is 8. The van der Waals surface area contributed by atoms with E-state index in [1.54, 1.807) is 24.3 Å². The Morgan fingerprint density at radius 2 is 0.722 bits per heavy atom. The maximum atomic E-state index is 10.5. The minimum atomic E-state index is -0.256. The van der Waals surface area contributed by atoms with E-state index in [9.17, 15) is 40.9 Å². The van der Waals surface area contributed by atoms with Crippen LogP contribution in [0, 0.1) is 0 Å². The Balaban J connectivity index is 1.61. The van der Waals surface area contributed by atoms with Crippen molar-refractivity contribution in [3.05, 3.63) is 82.9 Å². The minimum absolute atomic E-state index is 0.134. The number of rotatable bonds is 7. The third-order valence-corrected chi connectivity index (χ3v) is 6.13. The summed E-state index contributed by atoms with van der Waals surface area (Å²) in [7, 11) is 0. The zero-order chi connectivity index (χ0) is 26.0. The van der Waals surface area contributed by atoms with Gasteiger partial charge in [-0.1, -0.05) is 12.1 Å². The van der Waals surface area contributed by atoms with Crippen LogP contribution in [0.15, 0.2) is 60.7 Å². The summed E-state index contributed by atoms with van der Waals surface area (Å²) in [6.07, 6.45) is 1.55. The van der Waals surface area contributed by atoms with Gasteiger partial charge in [0.15, 0.2) is 23.0 Å². The summed E-state index contributed by atoms with van der Waals surface area (Å²) in [5, 5.41) is 80.1. The van der Waals surface area contributed by atoms with Gasteiger partial charge in [0.25, 0.3) is 0 Å². The second kappa shape index (κ2) is 9.87. The van der Waals surface area contributed by atoms with Gasteiger partial charge in [0.05, 0.1) is 0 Å². The molecule has 186 valence electrons. The molecule has 36 heavy (non-hydrogen) atoms. The summed E-state index contributed by atoms with van der Waals surface area (Å²) in [6, 6.07) is 14.4. The van der Waals surface area contributed by atoms with Crippen molar-refractivity contribution in [1.82, 2.24) is 0 Å². The molecule has 0 heterocycles. The van der Waals surface area contributed by atoms with E-state index >= 15 is 0 Å². The molecule has 0 spiro atoms. The number of phenols is 8. The summed E-state index contributed by atoms with van der Waals surface area (Å²) in [5.41, 5.74) is 2.96. The molecular formula is C28H26O8. The monoisotopic (exact) mass is 490 g/mol. The molecule has 0 radical (unpaired) electrons. The molecule has 8 heteroatoms.